The van der Waals surface area contributed by atoms with E-state index in [9.17, 15) is 0 Å². The van der Waals surface area contributed by atoms with Crippen LogP contribution < -0.4 is 0 Å². The van der Waals surface area contributed by atoms with Gasteiger partial charge in [0.2, 0.25) is 0 Å². The summed E-state index contributed by atoms with van der Waals surface area (Å²) in [7, 11) is 0. The molecule has 0 saturated heterocycles. The van der Waals surface area contributed by atoms with E-state index in [1.807, 2.05) is 40.2 Å². The van der Waals surface area contributed by atoms with Gasteiger partial charge in [-0.1, -0.05) is 20.8 Å². The Morgan fingerprint density at radius 2 is 1.70 bits per heavy atom. The number of nitrogens with zero attached hydrogens (tertiary/aromatic N) is 1. The van der Waals surface area contributed by atoms with Crippen molar-refractivity contribution in [2.45, 2.75) is 33.1 Å². The van der Waals surface area contributed by atoms with E-state index < -0.39 is 0 Å². The van der Waals surface area contributed by atoms with E-state index in [1.165, 1.54) is 56.3 Å². The number of rotatable bonds is 1. The van der Waals surface area contributed by atoms with Crippen molar-refractivity contribution >= 4 is 74.4 Å². The van der Waals surface area contributed by atoms with Crippen molar-refractivity contribution in [1.29, 1.82) is 0 Å². The van der Waals surface area contributed by atoms with Crippen LogP contribution in [0.4, 0.5) is 0 Å². The minimum Gasteiger partial charge on any atom is -0.256 e. The highest BCUT2D eigenvalue weighted by Gasteiger charge is 2.21. The van der Waals surface area contributed by atoms with E-state index >= 15 is 0 Å². The first-order valence-corrected chi connectivity index (χ1v) is 12.6. The topological polar surface area (TPSA) is 12.9 Å². The van der Waals surface area contributed by atoms with Crippen molar-refractivity contribution in [3.05, 3.63) is 64.5 Å². The molecule has 6 aromatic rings. The zero-order chi connectivity index (χ0) is 20.6. The van der Waals surface area contributed by atoms with Gasteiger partial charge in [0.1, 0.15) is 0 Å². The van der Waals surface area contributed by atoms with Gasteiger partial charge in [0.05, 0.1) is 5.69 Å². The molecule has 0 spiro atoms. The molecule has 0 bridgehead atoms. The molecular weight excluding hydrogens is 422 g/mol. The van der Waals surface area contributed by atoms with Gasteiger partial charge in [-0.25, -0.2) is 0 Å². The highest BCUT2D eigenvalue weighted by atomic mass is 32.1. The molecule has 2 aromatic carbocycles. The summed E-state index contributed by atoms with van der Waals surface area (Å²) in [6.45, 7) is 9.09. The molecule has 0 atom stereocenters. The summed E-state index contributed by atoms with van der Waals surface area (Å²) in [5.74, 6) is 0. The summed E-state index contributed by atoms with van der Waals surface area (Å²) in [4.78, 5) is 6.28. The van der Waals surface area contributed by atoms with Crippen molar-refractivity contribution in [3.63, 3.8) is 0 Å². The van der Waals surface area contributed by atoms with Crippen molar-refractivity contribution in [1.82, 2.24) is 4.98 Å². The second-order valence-electron chi connectivity index (χ2n) is 8.99. The lowest BCUT2D eigenvalue weighted by Crippen LogP contribution is -2.11. The molecule has 6 rings (SSSR count). The fourth-order valence-corrected chi connectivity index (χ4v) is 7.63. The van der Waals surface area contributed by atoms with Crippen molar-refractivity contribution in [3.8, 4) is 11.3 Å². The van der Waals surface area contributed by atoms with Gasteiger partial charge in [0.25, 0.3) is 0 Å². The quantitative estimate of drug-likeness (QED) is 0.247. The monoisotopic (exact) mass is 443 g/mol. The maximum absolute atomic E-state index is 4.91. The number of aromatic nitrogens is 1. The standard InChI is InChI=1S/C26H21NS3/c1-14-9-16-11-18-22(13-21(16)29-14)30-20-5-7-27-24(23(18)20)17-10-15-6-8-28-25(15)19(12-17)26(2,3)4/h5-13H,1-4H3. The summed E-state index contributed by atoms with van der Waals surface area (Å²) >= 11 is 5.59. The van der Waals surface area contributed by atoms with Gasteiger partial charge in [-0.3, -0.25) is 4.98 Å². The molecule has 0 saturated carbocycles. The predicted octanol–water partition coefficient (Wildman–Crippen LogP) is 9.15. The van der Waals surface area contributed by atoms with Crippen LogP contribution in [0.3, 0.4) is 0 Å². The fourth-order valence-electron chi connectivity index (χ4n) is 4.38. The number of fused-ring (bicyclic) bond motifs is 5. The van der Waals surface area contributed by atoms with Gasteiger partial charge < -0.3 is 0 Å². The second kappa shape index (κ2) is 6.36. The minimum absolute atomic E-state index is 0.0874. The van der Waals surface area contributed by atoms with E-state index in [2.05, 4.69) is 75.5 Å². The van der Waals surface area contributed by atoms with Crippen LogP contribution in [0.5, 0.6) is 0 Å². The number of hydrogen-bond donors (Lipinski definition) is 0. The third kappa shape index (κ3) is 2.74. The summed E-state index contributed by atoms with van der Waals surface area (Å²) < 4.78 is 5.42. The van der Waals surface area contributed by atoms with Crippen LogP contribution in [0.15, 0.2) is 54.0 Å². The molecule has 0 amide bonds. The summed E-state index contributed by atoms with van der Waals surface area (Å²) in [5.41, 5.74) is 3.81. The Morgan fingerprint density at radius 1 is 0.833 bits per heavy atom. The summed E-state index contributed by atoms with van der Waals surface area (Å²) in [6.07, 6.45) is 1.97. The normalized spacial score (nSPS) is 12.7. The Bertz CT molecular complexity index is 1590. The van der Waals surface area contributed by atoms with Crippen LogP contribution in [0.1, 0.15) is 31.2 Å². The maximum atomic E-state index is 4.91. The first-order valence-electron chi connectivity index (χ1n) is 10.1. The van der Waals surface area contributed by atoms with Crippen molar-refractivity contribution in [2.75, 3.05) is 0 Å². The molecule has 0 unspecified atom stereocenters. The van der Waals surface area contributed by atoms with E-state index in [4.69, 9.17) is 4.98 Å². The van der Waals surface area contributed by atoms with Gasteiger partial charge in [-0.15, -0.1) is 34.0 Å². The van der Waals surface area contributed by atoms with Crippen molar-refractivity contribution < 1.29 is 0 Å². The maximum Gasteiger partial charge on any atom is 0.0795 e. The third-order valence-electron chi connectivity index (χ3n) is 5.78. The van der Waals surface area contributed by atoms with Crippen LogP contribution in [0.25, 0.3) is 51.6 Å². The first kappa shape index (κ1) is 18.5. The van der Waals surface area contributed by atoms with Gasteiger partial charge in [-0.05, 0) is 76.5 Å². The summed E-state index contributed by atoms with van der Waals surface area (Å²) in [5, 5.41) is 7.47. The largest absolute Gasteiger partial charge is 0.256 e. The van der Waals surface area contributed by atoms with E-state index in [0.717, 1.165) is 5.69 Å². The van der Waals surface area contributed by atoms with Gasteiger partial charge >= 0.3 is 0 Å². The molecule has 1 nitrogen and oxygen atoms in total. The van der Waals surface area contributed by atoms with Gasteiger partial charge in [-0.2, -0.15) is 0 Å². The number of hydrogen-bond acceptors (Lipinski definition) is 4. The molecule has 30 heavy (non-hydrogen) atoms. The molecule has 0 radical (unpaired) electrons. The van der Waals surface area contributed by atoms with Crippen molar-refractivity contribution in [2.24, 2.45) is 0 Å². The molecule has 0 N–H and O–H groups in total. The number of benzene rings is 2. The van der Waals surface area contributed by atoms with Crippen LogP contribution in [-0.4, -0.2) is 4.98 Å². The minimum atomic E-state index is 0.0874. The van der Waals surface area contributed by atoms with Crippen LogP contribution in [0.2, 0.25) is 0 Å². The van der Waals surface area contributed by atoms with Crippen LogP contribution in [-0.2, 0) is 5.41 Å². The van der Waals surface area contributed by atoms with E-state index in [-0.39, 0.29) is 5.41 Å². The average Bonchev–Trinajstić information content (AvgIpc) is 3.39. The molecule has 0 aliphatic heterocycles. The zero-order valence-corrected chi connectivity index (χ0v) is 19.8. The molecule has 148 valence electrons. The average molecular weight is 444 g/mol. The van der Waals surface area contributed by atoms with E-state index in [1.54, 1.807) is 0 Å². The molecule has 0 aliphatic rings. The smallest absolute Gasteiger partial charge is 0.0795 e. The summed E-state index contributed by atoms with van der Waals surface area (Å²) in [6, 6.07) is 16.1. The van der Waals surface area contributed by atoms with Gasteiger partial charge in [0.15, 0.2) is 0 Å². The molecule has 0 fully saturated rings. The Labute approximate surface area is 187 Å². The Balaban J connectivity index is 1.71. The third-order valence-corrected chi connectivity index (χ3v) is 8.87. The lowest BCUT2D eigenvalue weighted by Gasteiger charge is -2.21. The Hall–Kier alpha value is -2.27. The van der Waals surface area contributed by atoms with Crippen LogP contribution >= 0.6 is 34.0 Å². The highest BCUT2D eigenvalue weighted by Crippen LogP contribution is 2.44. The number of pyridine rings is 1. The Kier molecular flexibility index (Phi) is 3.92. The number of aryl methyl sites for hydroxylation is 1. The molecule has 4 heterocycles. The lowest BCUT2D eigenvalue weighted by atomic mass is 9.85. The fraction of sp³-hybridized carbons (Fsp3) is 0.192. The first-order chi connectivity index (χ1) is 14.4. The van der Waals surface area contributed by atoms with Gasteiger partial charge in [0, 0.05) is 46.2 Å². The van der Waals surface area contributed by atoms with E-state index in [0.29, 0.717) is 0 Å². The van der Waals surface area contributed by atoms with Crippen LogP contribution in [0, 0.1) is 6.92 Å². The second-order valence-corrected chi connectivity index (χ2v) is 12.3. The number of thiophene rings is 3. The molecule has 4 heteroatoms. The molecule has 4 aromatic heterocycles. The molecular formula is C26H21NS3. The SMILES string of the molecule is Cc1cc2cc3c(cc2s1)sc1ccnc(-c2cc(C(C)(C)C)c4sccc4c2)c13. The Morgan fingerprint density at radius 3 is 2.53 bits per heavy atom. The predicted molar refractivity (Wildman–Crippen MR) is 137 cm³/mol. The zero-order valence-electron chi connectivity index (χ0n) is 17.4. The highest BCUT2D eigenvalue weighted by molar-refractivity contribution is 7.26. The molecule has 0 aliphatic carbocycles. The lowest BCUT2D eigenvalue weighted by molar-refractivity contribution is 0.597.